The predicted octanol–water partition coefficient (Wildman–Crippen LogP) is 2.58. The van der Waals surface area contributed by atoms with Crippen molar-refractivity contribution in [1.82, 2.24) is 4.98 Å². The Balaban J connectivity index is 0.000000198. The van der Waals surface area contributed by atoms with E-state index in [9.17, 15) is 14.4 Å². The van der Waals surface area contributed by atoms with Crippen LogP contribution < -0.4 is 0 Å². The fraction of sp³-hybridized carbons (Fsp3) is 0.261. The number of aliphatic carboxylic acids is 3. The lowest BCUT2D eigenvalue weighted by atomic mass is 9.96. The van der Waals surface area contributed by atoms with Crippen molar-refractivity contribution in [3.05, 3.63) is 71.4 Å². The molecular weight excluding hydrogens is 418 g/mol. The minimum atomic E-state index is -2.74. The number of benzene rings is 2. The lowest BCUT2D eigenvalue weighted by molar-refractivity contribution is -0.170. The summed E-state index contributed by atoms with van der Waals surface area (Å²) < 4.78 is 5.99. The minimum Gasteiger partial charge on any atom is -0.481 e. The lowest BCUT2D eigenvalue weighted by Crippen LogP contribution is -2.42. The van der Waals surface area contributed by atoms with Gasteiger partial charge in [-0.25, -0.2) is 4.79 Å². The van der Waals surface area contributed by atoms with Crippen LogP contribution in [0.3, 0.4) is 0 Å². The summed E-state index contributed by atoms with van der Waals surface area (Å²) >= 11 is 0. The van der Waals surface area contributed by atoms with Crippen LogP contribution in [0, 0.1) is 0 Å². The number of fused-ring (bicyclic) bond motifs is 3. The zero-order valence-corrected chi connectivity index (χ0v) is 17.0. The second-order valence-electron chi connectivity index (χ2n) is 7.45. The van der Waals surface area contributed by atoms with Crippen molar-refractivity contribution in [3.8, 4) is 0 Å². The van der Waals surface area contributed by atoms with Gasteiger partial charge >= 0.3 is 17.9 Å². The maximum Gasteiger partial charge on any atom is 0.336 e. The molecule has 168 valence electrons. The highest BCUT2D eigenvalue weighted by Gasteiger charge is 2.40. The van der Waals surface area contributed by atoms with E-state index in [2.05, 4.69) is 53.5 Å². The molecule has 0 saturated heterocycles. The Hall–Kier alpha value is -3.69. The maximum absolute atomic E-state index is 10.3. The highest BCUT2D eigenvalue weighted by Crippen LogP contribution is 2.36. The summed E-state index contributed by atoms with van der Waals surface area (Å²) in [6, 6.07) is 18.9. The van der Waals surface area contributed by atoms with Gasteiger partial charge < -0.3 is 30.1 Å². The summed E-state index contributed by atoms with van der Waals surface area (Å²) in [5.74, 6) is -5.02. The van der Waals surface area contributed by atoms with Crippen LogP contribution in [0.4, 0.5) is 0 Å². The van der Waals surface area contributed by atoms with Crippen LogP contribution in [0.15, 0.2) is 54.6 Å². The molecule has 1 aliphatic rings. The topological polar surface area (TPSA) is 157 Å². The molecule has 0 spiro atoms. The normalized spacial score (nSPS) is 15.3. The lowest BCUT2D eigenvalue weighted by Gasteiger charge is -2.23. The SMILES string of the molecule is O=C(O)CC(O)(CC(=O)O)C(=O)O.c1ccc(C2OCCc3c2[nH]c2ccccc32)cc1. The zero-order valence-electron chi connectivity index (χ0n) is 17.0. The molecule has 5 N–H and O–H groups in total. The maximum atomic E-state index is 10.3. The standard InChI is InChI=1S/C17H15NO.C6H8O7/c1-2-6-12(7-3-1)17-16-14(10-11-19-17)13-8-4-5-9-15(13)18-16;7-3(8)1-6(13,5(11)12)2-4(9)10/h1-9,17-18H,10-11H2;13H,1-2H2,(H,7,8)(H,9,10)(H,11,12). The molecule has 0 aliphatic carbocycles. The summed E-state index contributed by atoms with van der Waals surface area (Å²) in [6.07, 6.45) is -1.26. The van der Waals surface area contributed by atoms with E-state index in [4.69, 9.17) is 25.2 Å². The summed E-state index contributed by atoms with van der Waals surface area (Å²) in [5, 5.41) is 35.1. The third-order valence-electron chi connectivity index (χ3n) is 5.13. The molecule has 1 unspecified atom stereocenters. The van der Waals surface area contributed by atoms with E-state index in [1.807, 2.05) is 6.07 Å². The first kappa shape index (κ1) is 23.0. The molecule has 1 aromatic heterocycles. The molecule has 0 fully saturated rings. The van der Waals surface area contributed by atoms with Crippen LogP contribution in [0.5, 0.6) is 0 Å². The Kier molecular flexibility index (Phi) is 6.92. The molecule has 0 bridgehead atoms. The number of rotatable bonds is 6. The average molecular weight is 441 g/mol. The van der Waals surface area contributed by atoms with E-state index in [1.54, 1.807) is 0 Å². The molecule has 0 saturated carbocycles. The number of carboxylic acid groups (broad SMARTS) is 3. The van der Waals surface area contributed by atoms with E-state index in [1.165, 1.54) is 27.7 Å². The van der Waals surface area contributed by atoms with Crippen LogP contribution in [-0.2, 0) is 25.5 Å². The van der Waals surface area contributed by atoms with Gasteiger partial charge in [-0.05, 0) is 23.6 Å². The molecule has 0 amide bonds. The molecule has 3 aromatic rings. The molecule has 0 radical (unpaired) electrons. The van der Waals surface area contributed by atoms with Gasteiger partial charge in [-0.2, -0.15) is 0 Å². The second-order valence-corrected chi connectivity index (χ2v) is 7.45. The Morgan fingerprint density at radius 3 is 2.12 bits per heavy atom. The fourth-order valence-electron chi connectivity index (χ4n) is 3.68. The second kappa shape index (κ2) is 9.63. The highest BCUT2D eigenvalue weighted by molar-refractivity contribution is 5.88. The first-order valence-electron chi connectivity index (χ1n) is 9.86. The first-order valence-corrected chi connectivity index (χ1v) is 9.86. The van der Waals surface area contributed by atoms with Gasteiger partial charge in [0.25, 0.3) is 0 Å². The van der Waals surface area contributed by atoms with Gasteiger partial charge in [0.2, 0.25) is 0 Å². The number of carbonyl (C=O) groups is 3. The Bertz CT molecular complexity index is 1110. The van der Waals surface area contributed by atoms with Crippen molar-refractivity contribution in [2.75, 3.05) is 6.61 Å². The summed E-state index contributed by atoms with van der Waals surface area (Å²) in [4.78, 5) is 34.0. The number of aromatic amines is 1. The van der Waals surface area contributed by atoms with E-state index in [0.29, 0.717) is 0 Å². The van der Waals surface area contributed by atoms with Gasteiger partial charge in [0.05, 0.1) is 25.1 Å². The van der Waals surface area contributed by atoms with E-state index in [-0.39, 0.29) is 6.10 Å². The molecule has 1 atom stereocenters. The Labute approximate surface area is 182 Å². The van der Waals surface area contributed by atoms with Gasteiger partial charge in [0, 0.05) is 10.9 Å². The Morgan fingerprint density at radius 1 is 0.938 bits per heavy atom. The summed E-state index contributed by atoms with van der Waals surface area (Å²) in [6.45, 7) is 0.786. The molecule has 2 aromatic carbocycles. The van der Waals surface area contributed by atoms with Crippen molar-refractivity contribution in [1.29, 1.82) is 0 Å². The van der Waals surface area contributed by atoms with Crippen molar-refractivity contribution in [2.24, 2.45) is 0 Å². The van der Waals surface area contributed by atoms with Gasteiger partial charge in [0.1, 0.15) is 6.10 Å². The Morgan fingerprint density at radius 2 is 1.53 bits per heavy atom. The van der Waals surface area contributed by atoms with Gasteiger partial charge in [0.15, 0.2) is 5.60 Å². The van der Waals surface area contributed by atoms with Crippen molar-refractivity contribution in [2.45, 2.75) is 31.0 Å². The number of carboxylic acids is 3. The number of hydrogen-bond acceptors (Lipinski definition) is 5. The number of hydrogen-bond donors (Lipinski definition) is 5. The van der Waals surface area contributed by atoms with Crippen LogP contribution >= 0.6 is 0 Å². The number of H-pyrrole nitrogens is 1. The number of ether oxygens (including phenoxy) is 1. The highest BCUT2D eigenvalue weighted by atomic mass is 16.5. The molecule has 2 heterocycles. The molecule has 32 heavy (non-hydrogen) atoms. The van der Waals surface area contributed by atoms with Crippen LogP contribution in [0.2, 0.25) is 0 Å². The molecule has 4 rings (SSSR count). The number of nitrogens with one attached hydrogen (secondary N) is 1. The van der Waals surface area contributed by atoms with Crippen LogP contribution in [0.25, 0.3) is 10.9 Å². The zero-order chi connectivity index (χ0) is 23.3. The molecule has 1 aliphatic heterocycles. The smallest absolute Gasteiger partial charge is 0.336 e. The number of aliphatic hydroxyl groups is 1. The third kappa shape index (κ3) is 5.13. The summed E-state index contributed by atoms with van der Waals surface area (Å²) in [7, 11) is 0. The van der Waals surface area contributed by atoms with E-state index >= 15 is 0 Å². The van der Waals surface area contributed by atoms with E-state index < -0.39 is 36.4 Å². The third-order valence-corrected chi connectivity index (χ3v) is 5.13. The quantitative estimate of drug-likeness (QED) is 0.391. The predicted molar refractivity (Wildman–Crippen MR) is 113 cm³/mol. The largest absolute Gasteiger partial charge is 0.481 e. The minimum absolute atomic E-state index is 0.0392. The van der Waals surface area contributed by atoms with Crippen LogP contribution in [0.1, 0.15) is 35.8 Å². The fourth-order valence-corrected chi connectivity index (χ4v) is 3.68. The number of para-hydroxylation sites is 1. The number of aromatic nitrogens is 1. The summed E-state index contributed by atoms with van der Waals surface area (Å²) in [5.41, 5.74) is 2.32. The van der Waals surface area contributed by atoms with Crippen molar-refractivity contribution in [3.63, 3.8) is 0 Å². The molecular formula is C23H23NO8. The van der Waals surface area contributed by atoms with Crippen molar-refractivity contribution < 1.29 is 39.5 Å². The monoisotopic (exact) mass is 441 g/mol. The first-order chi connectivity index (χ1) is 15.2. The van der Waals surface area contributed by atoms with Gasteiger partial charge in [-0.3, -0.25) is 9.59 Å². The van der Waals surface area contributed by atoms with Crippen LogP contribution in [-0.4, -0.2) is 55.5 Å². The van der Waals surface area contributed by atoms with Crippen molar-refractivity contribution >= 4 is 28.8 Å². The molecule has 9 nitrogen and oxygen atoms in total. The van der Waals surface area contributed by atoms with Gasteiger partial charge in [-0.15, -0.1) is 0 Å². The molecule has 9 heteroatoms. The average Bonchev–Trinajstić information content (AvgIpc) is 3.12. The van der Waals surface area contributed by atoms with E-state index in [0.717, 1.165) is 13.0 Å². The van der Waals surface area contributed by atoms with Gasteiger partial charge in [-0.1, -0.05) is 48.5 Å².